The molecule has 1 aliphatic rings. The number of aryl methyl sites for hydroxylation is 1. The van der Waals surface area contributed by atoms with Crippen LogP contribution in [-0.4, -0.2) is 50.6 Å². The van der Waals surface area contributed by atoms with Gasteiger partial charge in [0.15, 0.2) is 5.13 Å². The van der Waals surface area contributed by atoms with Crippen LogP contribution in [0.2, 0.25) is 0 Å². The van der Waals surface area contributed by atoms with Crippen LogP contribution in [0.1, 0.15) is 53.9 Å². The number of nitrogens with one attached hydrogen (secondary N) is 1. The van der Waals surface area contributed by atoms with E-state index in [1.807, 2.05) is 41.2 Å². The van der Waals surface area contributed by atoms with Gasteiger partial charge in [0.1, 0.15) is 0 Å². The Morgan fingerprint density at radius 3 is 2.64 bits per heavy atom. The van der Waals surface area contributed by atoms with E-state index in [9.17, 15) is 9.59 Å². The summed E-state index contributed by atoms with van der Waals surface area (Å²) in [5.74, 6) is -0.0168. The van der Waals surface area contributed by atoms with E-state index in [-0.39, 0.29) is 17.7 Å². The standard InChI is InChI=1S/C27H28N6O2S/c1-15(2)20-13-17(26(35)32(4)5)8-11-22(20)33-24-19(23(31-33)18-7-6-12-28-14-18)9-10-21-25(24)36-27(30-21)29-16(3)34/h6-8,11-15H,9-10H2,1-5H3,(H,29,30,34). The minimum atomic E-state index is -0.144. The summed E-state index contributed by atoms with van der Waals surface area (Å²) in [5.41, 5.74) is 7.52. The minimum Gasteiger partial charge on any atom is -0.345 e. The van der Waals surface area contributed by atoms with E-state index in [0.29, 0.717) is 10.7 Å². The number of hydrogen-bond acceptors (Lipinski definition) is 6. The van der Waals surface area contributed by atoms with Gasteiger partial charge in [0, 0.05) is 50.1 Å². The highest BCUT2D eigenvalue weighted by atomic mass is 32.1. The van der Waals surface area contributed by atoms with Gasteiger partial charge in [-0.15, -0.1) is 0 Å². The maximum Gasteiger partial charge on any atom is 0.253 e. The molecule has 0 bridgehead atoms. The molecule has 1 N–H and O–H groups in total. The summed E-state index contributed by atoms with van der Waals surface area (Å²) < 4.78 is 1.99. The van der Waals surface area contributed by atoms with Crippen LogP contribution in [0.25, 0.3) is 27.5 Å². The molecule has 9 heteroatoms. The molecule has 1 aromatic carbocycles. The summed E-state index contributed by atoms with van der Waals surface area (Å²) in [6.07, 6.45) is 5.14. The third kappa shape index (κ3) is 4.19. The fourth-order valence-corrected chi connectivity index (χ4v) is 5.70. The van der Waals surface area contributed by atoms with Crippen LogP contribution in [0, 0.1) is 0 Å². The number of carbonyl (C=O) groups excluding carboxylic acids is 2. The van der Waals surface area contributed by atoms with E-state index >= 15 is 0 Å². The first kappa shape index (κ1) is 23.9. The number of anilines is 1. The zero-order valence-electron chi connectivity index (χ0n) is 21.0. The lowest BCUT2D eigenvalue weighted by Gasteiger charge is -2.19. The third-order valence-electron chi connectivity index (χ3n) is 6.26. The largest absolute Gasteiger partial charge is 0.345 e. The average Bonchev–Trinajstić information content (AvgIpc) is 3.44. The SMILES string of the molecule is CC(=O)Nc1nc2c(s1)-c1c(c(-c3cccnc3)nn1-c1ccc(C(=O)N(C)C)cc1C(C)C)CC2. The molecule has 2 amide bonds. The first-order valence-electron chi connectivity index (χ1n) is 11.9. The lowest BCUT2D eigenvalue weighted by Crippen LogP contribution is -2.22. The Morgan fingerprint density at radius 2 is 1.97 bits per heavy atom. The molecule has 3 aromatic heterocycles. The fraction of sp³-hybridized carbons (Fsp3) is 0.296. The second-order valence-corrected chi connectivity index (χ2v) is 10.4. The molecular formula is C27H28N6O2S. The molecule has 0 spiro atoms. The summed E-state index contributed by atoms with van der Waals surface area (Å²) >= 11 is 1.47. The van der Waals surface area contributed by atoms with Gasteiger partial charge in [0.05, 0.1) is 27.6 Å². The van der Waals surface area contributed by atoms with Gasteiger partial charge in [-0.25, -0.2) is 9.67 Å². The monoisotopic (exact) mass is 500 g/mol. The first-order valence-corrected chi connectivity index (χ1v) is 12.7. The molecule has 4 aromatic rings. The molecule has 8 nitrogen and oxygen atoms in total. The Labute approximate surface area is 214 Å². The number of nitrogens with zero attached hydrogens (tertiary/aromatic N) is 5. The van der Waals surface area contributed by atoms with Crippen molar-refractivity contribution in [1.29, 1.82) is 0 Å². The van der Waals surface area contributed by atoms with Crippen molar-refractivity contribution in [2.75, 3.05) is 19.4 Å². The maximum atomic E-state index is 12.7. The summed E-state index contributed by atoms with van der Waals surface area (Å²) in [6, 6.07) is 9.75. The van der Waals surface area contributed by atoms with Crippen LogP contribution >= 0.6 is 11.3 Å². The lowest BCUT2D eigenvalue weighted by molar-refractivity contribution is -0.114. The topological polar surface area (TPSA) is 93.0 Å². The van der Waals surface area contributed by atoms with Crippen LogP contribution in [0.3, 0.4) is 0 Å². The van der Waals surface area contributed by atoms with Crippen molar-refractivity contribution >= 4 is 28.3 Å². The molecule has 3 heterocycles. The molecule has 0 fully saturated rings. The Hall–Kier alpha value is -3.85. The Kier molecular flexibility index (Phi) is 6.17. The molecule has 0 atom stereocenters. The second kappa shape index (κ2) is 9.31. The Morgan fingerprint density at radius 1 is 1.17 bits per heavy atom. The number of rotatable bonds is 5. The van der Waals surface area contributed by atoms with Gasteiger partial charge in [-0.2, -0.15) is 5.10 Å². The number of pyridine rings is 1. The van der Waals surface area contributed by atoms with Crippen molar-refractivity contribution in [3.8, 4) is 27.5 Å². The van der Waals surface area contributed by atoms with Crippen molar-refractivity contribution < 1.29 is 9.59 Å². The molecule has 184 valence electrons. The van der Waals surface area contributed by atoms with E-state index in [1.165, 1.54) is 18.3 Å². The second-order valence-electron chi connectivity index (χ2n) is 9.43. The number of fused-ring (bicyclic) bond motifs is 3. The van der Waals surface area contributed by atoms with Gasteiger partial charge >= 0.3 is 0 Å². The summed E-state index contributed by atoms with van der Waals surface area (Å²) in [7, 11) is 3.51. The van der Waals surface area contributed by atoms with Crippen molar-refractivity contribution in [2.45, 2.75) is 39.5 Å². The number of thiazole rings is 1. The predicted molar refractivity (Wildman–Crippen MR) is 142 cm³/mol. The average molecular weight is 501 g/mol. The predicted octanol–water partition coefficient (Wildman–Crippen LogP) is 4.94. The minimum absolute atomic E-state index is 0.0355. The lowest BCUT2D eigenvalue weighted by atomic mass is 9.94. The van der Waals surface area contributed by atoms with E-state index in [0.717, 1.165) is 57.2 Å². The van der Waals surface area contributed by atoms with Gasteiger partial charge in [-0.3, -0.25) is 14.6 Å². The van der Waals surface area contributed by atoms with E-state index in [4.69, 9.17) is 10.1 Å². The molecule has 0 radical (unpaired) electrons. The Balaban J connectivity index is 1.76. The zero-order chi connectivity index (χ0) is 25.6. The van der Waals surface area contributed by atoms with Crippen molar-refractivity contribution in [1.82, 2.24) is 24.6 Å². The third-order valence-corrected chi connectivity index (χ3v) is 7.28. The highest BCUT2D eigenvalue weighted by Gasteiger charge is 2.31. The number of amides is 2. The van der Waals surface area contributed by atoms with Gasteiger partial charge in [-0.05, 0) is 54.7 Å². The molecule has 0 unspecified atom stereocenters. The van der Waals surface area contributed by atoms with Crippen LogP contribution in [0.15, 0.2) is 42.7 Å². The number of aromatic nitrogens is 4. The molecule has 0 aliphatic heterocycles. The van der Waals surface area contributed by atoms with Gasteiger partial charge < -0.3 is 10.2 Å². The molecular weight excluding hydrogens is 472 g/mol. The van der Waals surface area contributed by atoms with Crippen LogP contribution in [0.5, 0.6) is 0 Å². The van der Waals surface area contributed by atoms with Crippen LogP contribution < -0.4 is 5.32 Å². The summed E-state index contributed by atoms with van der Waals surface area (Å²) in [5, 5.41) is 8.55. The maximum absolute atomic E-state index is 12.7. The van der Waals surface area contributed by atoms with Crippen molar-refractivity contribution in [3.05, 3.63) is 65.1 Å². The van der Waals surface area contributed by atoms with Crippen molar-refractivity contribution in [3.63, 3.8) is 0 Å². The van der Waals surface area contributed by atoms with Crippen molar-refractivity contribution in [2.24, 2.45) is 0 Å². The van der Waals surface area contributed by atoms with E-state index < -0.39 is 0 Å². The molecule has 0 saturated carbocycles. The first-order chi connectivity index (χ1) is 17.2. The smallest absolute Gasteiger partial charge is 0.253 e. The highest BCUT2D eigenvalue weighted by Crippen LogP contribution is 2.44. The van der Waals surface area contributed by atoms with Gasteiger partial charge in [0.2, 0.25) is 5.91 Å². The fourth-order valence-electron chi connectivity index (χ4n) is 4.58. The van der Waals surface area contributed by atoms with Crippen LogP contribution in [0.4, 0.5) is 5.13 Å². The number of carbonyl (C=O) groups is 2. The molecule has 0 saturated heterocycles. The quantitative estimate of drug-likeness (QED) is 0.419. The Bertz CT molecular complexity index is 1470. The summed E-state index contributed by atoms with van der Waals surface area (Å²) in [4.78, 5) is 36.0. The van der Waals surface area contributed by atoms with Gasteiger partial charge in [0.25, 0.3) is 5.91 Å². The normalized spacial score (nSPS) is 12.3. The number of hydrogen-bond donors (Lipinski definition) is 1. The van der Waals surface area contributed by atoms with Gasteiger partial charge in [-0.1, -0.05) is 25.2 Å². The zero-order valence-corrected chi connectivity index (χ0v) is 21.8. The summed E-state index contributed by atoms with van der Waals surface area (Å²) in [6.45, 7) is 5.73. The van der Waals surface area contributed by atoms with E-state index in [2.05, 4.69) is 24.1 Å². The molecule has 36 heavy (non-hydrogen) atoms. The highest BCUT2D eigenvalue weighted by molar-refractivity contribution is 7.19. The van der Waals surface area contributed by atoms with Crippen LogP contribution in [-0.2, 0) is 17.6 Å². The van der Waals surface area contributed by atoms with E-state index in [1.54, 1.807) is 25.2 Å². The number of benzene rings is 1. The molecule has 5 rings (SSSR count). The molecule has 1 aliphatic carbocycles.